The van der Waals surface area contributed by atoms with Gasteiger partial charge in [0.05, 0.1) is 13.2 Å². The zero-order valence-electron chi connectivity index (χ0n) is 31.5. The van der Waals surface area contributed by atoms with Gasteiger partial charge in [-0.05, 0) is 44.6 Å². The fourth-order valence-corrected chi connectivity index (χ4v) is 5.86. The number of nitrogens with one attached hydrogen (secondary N) is 2. The smallest absolute Gasteiger partial charge is 0.328 e. The first-order chi connectivity index (χ1) is 23.8. The number of unbranched alkanes of at least 4 members (excludes halogenated alkanes) is 22. The number of hydrogen-bond acceptors (Lipinski definition) is 6. The molecule has 49 heavy (non-hydrogen) atoms. The van der Waals surface area contributed by atoms with Crippen molar-refractivity contribution in [2.24, 2.45) is 0 Å². The molecule has 0 saturated heterocycles. The van der Waals surface area contributed by atoms with Gasteiger partial charge in [-0.25, -0.2) is 4.79 Å². The maximum atomic E-state index is 12.7. The van der Waals surface area contributed by atoms with Crippen LogP contribution in [0.3, 0.4) is 0 Å². The first-order valence-corrected chi connectivity index (χ1v) is 20.1. The third kappa shape index (κ3) is 32.5. The summed E-state index contributed by atoms with van der Waals surface area (Å²) in [5.41, 5.74) is 0. The highest BCUT2D eigenvalue weighted by molar-refractivity contribution is 5.87. The number of amides is 2. The van der Waals surface area contributed by atoms with Crippen LogP contribution >= 0.6 is 0 Å². The molecule has 0 aliphatic carbocycles. The summed E-state index contributed by atoms with van der Waals surface area (Å²) in [5, 5.41) is 22.5. The number of hydrogen-bond donors (Lipinski definition) is 4. The third-order valence-corrected chi connectivity index (χ3v) is 9.00. The molecule has 9 nitrogen and oxygen atoms in total. The number of rotatable bonds is 36. The Balaban J connectivity index is 4.23. The van der Waals surface area contributed by atoms with E-state index < -0.39 is 24.5 Å². The normalized spacial score (nSPS) is 12.6. The maximum Gasteiger partial charge on any atom is 0.328 e. The van der Waals surface area contributed by atoms with Crippen molar-refractivity contribution < 1.29 is 34.1 Å². The number of esters is 1. The average Bonchev–Trinajstić information content (AvgIpc) is 3.08. The zero-order chi connectivity index (χ0) is 36.2. The summed E-state index contributed by atoms with van der Waals surface area (Å²) in [6, 6.07) is -1.38. The molecule has 9 heteroatoms. The number of aliphatic carboxylic acids is 1. The molecule has 0 bridgehead atoms. The minimum absolute atomic E-state index is 0.0767. The van der Waals surface area contributed by atoms with Gasteiger partial charge in [0.15, 0.2) is 0 Å². The van der Waals surface area contributed by atoms with E-state index in [1.165, 1.54) is 103 Å². The van der Waals surface area contributed by atoms with E-state index in [-0.39, 0.29) is 24.5 Å². The SMILES string of the molecule is CCCCCCCC/C=C\C(CCCCCCCCC(=O)NCC(=O)NC(CO)C(=O)O)OC(=O)CCCCCCCCCCCCCC. The van der Waals surface area contributed by atoms with Crippen LogP contribution in [0.1, 0.15) is 194 Å². The molecule has 0 spiro atoms. The molecule has 0 aliphatic heterocycles. The van der Waals surface area contributed by atoms with Crippen LogP contribution in [0.5, 0.6) is 0 Å². The van der Waals surface area contributed by atoms with Crippen LogP contribution in [0.4, 0.5) is 0 Å². The second kappa shape index (κ2) is 35.4. The number of allylic oxidation sites excluding steroid dienone is 1. The van der Waals surface area contributed by atoms with E-state index in [2.05, 4.69) is 36.6 Å². The second-order valence-corrected chi connectivity index (χ2v) is 13.7. The Bertz CT molecular complexity index is 848. The van der Waals surface area contributed by atoms with Gasteiger partial charge in [0.1, 0.15) is 12.1 Å². The quantitative estimate of drug-likeness (QED) is 0.0291. The van der Waals surface area contributed by atoms with Gasteiger partial charge in [0, 0.05) is 12.8 Å². The second-order valence-electron chi connectivity index (χ2n) is 13.7. The third-order valence-electron chi connectivity index (χ3n) is 9.00. The van der Waals surface area contributed by atoms with Crippen molar-refractivity contribution in [1.82, 2.24) is 10.6 Å². The van der Waals surface area contributed by atoms with E-state index in [1.54, 1.807) is 0 Å². The molecular formula is C40H74N2O7. The predicted molar refractivity (Wildman–Crippen MR) is 199 cm³/mol. The molecule has 2 atom stereocenters. The van der Waals surface area contributed by atoms with E-state index in [0.29, 0.717) is 19.3 Å². The molecule has 0 aliphatic rings. The molecule has 0 fully saturated rings. The van der Waals surface area contributed by atoms with Crippen LogP contribution < -0.4 is 10.6 Å². The van der Waals surface area contributed by atoms with Gasteiger partial charge < -0.3 is 25.6 Å². The van der Waals surface area contributed by atoms with Gasteiger partial charge in [-0.15, -0.1) is 0 Å². The summed E-state index contributed by atoms with van der Waals surface area (Å²) in [7, 11) is 0. The minimum atomic E-state index is -1.38. The molecular weight excluding hydrogens is 620 g/mol. The predicted octanol–water partition coefficient (Wildman–Crippen LogP) is 9.09. The van der Waals surface area contributed by atoms with Gasteiger partial charge in [-0.2, -0.15) is 0 Å². The molecule has 0 heterocycles. The van der Waals surface area contributed by atoms with Crippen molar-refractivity contribution in [2.75, 3.05) is 13.2 Å². The Kier molecular flexibility index (Phi) is 33.7. The molecule has 0 aromatic rings. The largest absolute Gasteiger partial charge is 0.480 e. The standard InChI is InChI=1S/C40H74N2O7/c1-3-5-7-9-11-13-14-15-16-18-24-28-32-39(46)49-35(29-25-21-17-12-10-8-6-4-2)30-26-22-19-20-23-27-31-37(44)41-33-38(45)42-36(34-43)40(47)48/h25,29,35-36,43H,3-24,26-28,30-34H2,1-2H3,(H,41,44)(H,42,45)(H,47,48)/b29-25-. The van der Waals surface area contributed by atoms with Gasteiger partial charge >= 0.3 is 11.9 Å². The lowest BCUT2D eigenvalue weighted by Gasteiger charge is -2.15. The number of carbonyl (C=O) groups is 4. The van der Waals surface area contributed by atoms with E-state index in [9.17, 15) is 19.2 Å². The lowest BCUT2D eigenvalue weighted by atomic mass is 10.0. The van der Waals surface area contributed by atoms with Gasteiger partial charge in [0.2, 0.25) is 11.8 Å². The number of aliphatic hydroxyl groups is 1. The highest BCUT2D eigenvalue weighted by Crippen LogP contribution is 2.16. The van der Waals surface area contributed by atoms with Crippen LogP contribution in [-0.2, 0) is 23.9 Å². The Morgan fingerprint density at radius 1 is 0.612 bits per heavy atom. The van der Waals surface area contributed by atoms with Crippen LogP contribution in [0.15, 0.2) is 12.2 Å². The summed E-state index contributed by atoms with van der Waals surface area (Å²) in [5.74, 6) is -2.32. The fraction of sp³-hybridized carbons (Fsp3) is 0.850. The first kappa shape index (κ1) is 46.6. The molecule has 0 saturated carbocycles. The lowest BCUT2D eigenvalue weighted by molar-refractivity contribution is -0.147. The fourth-order valence-electron chi connectivity index (χ4n) is 5.86. The van der Waals surface area contributed by atoms with Gasteiger partial charge in [-0.1, -0.05) is 148 Å². The molecule has 4 N–H and O–H groups in total. The molecule has 2 amide bonds. The van der Waals surface area contributed by atoms with Crippen LogP contribution in [0.2, 0.25) is 0 Å². The Labute approximate surface area is 299 Å². The van der Waals surface area contributed by atoms with Gasteiger partial charge in [0.25, 0.3) is 0 Å². The number of carbonyl (C=O) groups excluding carboxylic acids is 3. The zero-order valence-corrected chi connectivity index (χ0v) is 31.5. The molecule has 0 radical (unpaired) electrons. The van der Waals surface area contributed by atoms with E-state index >= 15 is 0 Å². The summed E-state index contributed by atoms with van der Waals surface area (Å²) in [6.07, 6.45) is 35.4. The molecule has 0 aromatic heterocycles. The molecule has 286 valence electrons. The summed E-state index contributed by atoms with van der Waals surface area (Å²) < 4.78 is 5.92. The molecule has 0 aromatic carbocycles. The monoisotopic (exact) mass is 695 g/mol. The van der Waals surface area contributed by atoms with Crippen molar-refractivity contribution in [2.45, 2.75) is 206 Å². The summed E-state index contributed by atoms with van der Waals surface area (Å²) in [4.78, 5) is 47.3. The topological polar surface area (TPSA) is 142 Å². The van der Waals surface area contributed by atoms with Crippen molar-refractivity contribution in [3.63, 3.8) is 0 Å². The van der Waals surface area contributed by atoms with Gasteiger partial charge in [-0.3, -0.25) is 14.4 Å². The van der Waals surface area contributed by atoms with E-state index in [0.717, 1.165) is 57.8 Å². The lowest BCUT2D eigenvalue weighted by Crippen LogP contribution is -2.47. The van der Waals surface area contributed by atoms with Crippen molar-refractivity contribution in [1.29, 1.82) is 0 Å². The number of carboxylic acid groups (broad SMARTS) is 1. The number of carboxylic acids is 1. The summed E-state index contributed by atoms with van der Waals surface area (Å²) in [6.45, 7) is 3.47. The van der Waals surface area contributed by atoms with Crippen molar-refractivity contribution in [3.05, 3.63) is 12.2 Å². The molecule has 0 rings (SSSR count). The Hall–Kier alpha value is -2.42. The Morgan fingerprint density at radius 3 is 1.59 bits per heavy atom. The van der Waals surface area contributed by atoms with Crippen molar-refractivity contribution >= 4 is 23.8 Å². The van der Waals surface area contributed by atoms with E-state index in [1.807, 2.05) is 0 Å². The van der Waals surface area contributed by atoms with Crippen LogP contribution in [0.25, 0.3) is 0 Å². The van der Waals surface area contributed by atoms with E-state index in [4.69, 9.17) is 14.9 Å². The number of aliphatic hydroxyl groups excluding tert-OH is 1. The van der Waals surface area contributed by atoms with Crippen LogP contribution in [0, 0.1) is 0 Å². The minimum Gasteiger partial charge on any atom is -0.480 e. The number of ether oxygens (including phenoxy) is 1. The summed E-state index contributed by atoms with van der Waals surface area (Å²) >= 11 is 0. The Morgan fingerprint density at radius 2 is 1.08 bits per heavy atom. The first-order valence-electron chi connectivity index (χ1n) is 20.1. The van der Waals surface area contributed by atoms with Crippen molar-refractivity contribution in [3.8, 4) is 0 Å². The highest BCUT2D eigenvalue weighted by atomic mass is 16.5. The molecule has 2 unspecified atom stereocenters. The maximum absolute atomic E-state index is 12.7. The highest BCUT2D eigenvalue weighted by Gasteiger charge is 2.18. The average molecular weight is 695 g/mol. The van der Waals surface area contributed by atoms with Crippen LogP contribution in [-0.4, -0.2) is 59.3 Å².